The van der Waals surface area contributed by atoms with Gasteiger partial charge in [-0.05, 0) is 25.7 Å². The van der Waals surface area contributed by atoms with Crippen molar-refractivity contribution in [3.8, 4) is 0 Å². The number of Topliss-reactive ketones (excluding diaryl/α,β-unsaturated/α-hetero) is 1. The molecule has 3 nitrogen and oxygen atoms in total. The molecule has 106 valence electrons. The van der Waals surface area contributed by atoms with Crippen molar-refractivity contribution in [1.29, 1.82) is 0 Å². The molecule has 0 amide bonds. The minimum absolute atomic E-state index is 0.0590. The third-order valence-corrected chi connectivity index (χ3v) is 5.63. The zero-order chi connectivity index (χ0) is 13.3. The van der Waals surface area contributed by atoms with Crippen LogP contribution in [0.15, 0.2) is 0 Å². The Balaban J connectivity index is 1.44. The Bertz CT molecular complexity index is 416. The molecule has 0 aromatic heterocycles. The Morgan fingerprint density at radius 3 is 2.74 bits per heavy atom. The first kappa shape index (κ1) is 12.3. The van der Waals surface area contributed by atoms with Gasteiger partial charge in [0.2, 0.25) is 0 Å². The number of alkyl halides is 1. The first-order chi connectivity index (χ1) is 9.03. The third kappa shape index (κ3) is 1.95. The summed E-state index contributed by atoms with van der Waals surface area (Å²) in [6.45, 7) is 2.68. The molecule has 5 atom stereocenters. The molecule has 2 aliphatic heterocycles. The lowest BCUT2D eigenvalue weighted by Gasteiger charge is -2.33. The molecule has 2 saturated carbocycles. The summed E-state index contributed by atoms with van der Waals surface area (Å²) in [7, 11) is 0. The van der Waals surface area contributed by atoms with Gasteiger partial charge >= 0.3 is 0 Å². The van der Waals surface area contributed by atoms with Crippen LogP contribution in [0.4, 0.5) is 4.39 Å². The number of hydrogen-bond acceptors (Lipinski definition) is 3. The van der Waals surface area contributed by atoms with E-state index in [4.69, 9.17) is 9.47 Å². The molecule has 0 N–H and O–H groups in total. The maximum Gasteiger partial charge on any atom is 0.167 e. The summed E-state index contributed by atoms with van der Waals surface area (Å²) in [6.07, 6.45) is 4.50. The van der Waals surface area contributed by atoms with Gasteiger partial charge in [0.05, 0.1) is 18.3 Å². The van der Waals surface area contributed by atoms with Gasteiger partial charge in [-0.15, -0.1) is 0 Å². The molecule has 19 heavy (non-hydrogen) atoms. The van der Waals surface area contributed by atoms with Crippen LogP contribution in [-0.4, -0.2) is 35.9 Å². The topological polar surface area (TPSA) is 42.1 Å². The molecule has 1 spiro atoms. The SMILES string of the molecule is C[C@]1(C2CC(=O)[C@@H](F)C[C@]23CO3)O[C@@H]1CCC1CC1. The van der Waals surface area contributed by atoms with Crippen molar-refractivity contribution in [2.24, 2.45) is 11.8 Å². The Labute approximate surface area is 112 Å². The highest BCUT2D eigenvalue weighted by atomic mass is 19.1. The fraction of sp³-hybridized carbons (Fsp3) is 0.933. The second-order valence-electron chi connectivity index (χ2n) is 7.06. The Morgan fingerprint density at radius 1 is 1.37 bits per heavy atom. The summed E-state index contributed by atoms with van der Waals surface area (Å²) < 4.78 is 25.1. The van der Waals surface area contributed by atoms with Crippen molar-refractivity contribution >= 4 is 5.78 Å². The van der Waals surface area contributed by atoms with E-state index in [-0.39, 0.29) is 36.2 Å². The molecule has 0 aromatic rings. The number of ether oxygens (including phenoxy) is 2. The lowest BCUT2D eigenvalue weighted by molar-refractivity contribution is -0.130. The van der Waals surface area contributed by atoms with Crippen molar-refractivity contribution in [3.05, 3.63) is 0 Å². The standard InChI is InChI=1S/C15H21FO3/c1-14(13(19-14)5-4-9-2-3-9)12-6-11(17)10(16)7-15(12)8-18-15/h9-10,12-13H,2-8H2,1H3/t10-,12?,13+,14+,15-/m0/s1. The molecule has 2 saturated heterocycles. The van der Waals surface area contributed by atoms with Crippen LogP contribution < -0.4 is 0 Å². The number of carbonyl (C=O) groups excluding carboxylic acids is 1. The van der Waals surface area contributed by atoms with E-state index in [9.17, 15) is 9.18 Å². The van der Waals surface area contributed by atoms with Gasteiger partial charge in [0, 0.05) is 18.8 Å². The predicted molar refractivity (Wildman–Crippen MR) is 66.5 cm³/mol. The van der Waals surface area contributed by atoms with Crippen LogP contribution in [0.2, 0.25) is 0 Å². The number of ketones is 1. The van der Waals surface area contributed by atoms with Crippen LogP contribution in [-0.2, 0) is 14.3 Å². The quantitative estimate of drug-likeness (QED) is 0.735. The minimum Gasteiger partial charge on any atom is -0.369 e. The molecule has 2 aliphatic carbocycles. The maximum atomic E-state index is 13.6. The minimum atomic E-state index is -1.33. The number of hydrogen-bond donors (Lipinski definition) is 0. The molecule has 4 fully saturated rings. The van der Waals surface area contributed by atoms with Crippen molar-refractivity contribution in [3.63, 3.8) is 0 Å². The number of rotatable bonds is 4. The molecular weight excluding hydrogens is 247 g/mol. The molecular formula is C15H21FO3. The predicted octanol–water partition coefficient (Wildman–Crippen LogP) is 2.42. The summed E-state index contributed by atoms with van der Waals surface area (Å²) in [6, 6.07) is 0. The van der Waals surface area contributed by atoms with Crippen molar-refractivity contribution in [2.45, 2.75) is 68.9 Å². The number of carbonyl (C=O) groups is 1. The van der Waals surface area contributed by atoms with Crippen molar-refractivity contribution < 1.29 is 18.7 Å². The molecule has 0 bridgehead atoms. The second kappa shape index (κ2) is 3.79. The van der Waals surface area contributed by atoms with E-state index in [0.717, 1.165) is 12.3 Å². The lowest BCUT2D eigenvalue weighted by Crippen LogP contribution is -2.46. The lowest BCUT2D eigenvalue weighted by atomic mass is 9.70. The van der Waals surface area contributed by atoms with E-state index in [1.165, 1.54) is 19.3 Å². The van der Waals surface area contributed by atoms with Crippen LogP contribution in [0, 0.1) is 11.8 Å². The third-order valence-electron chi connectivity index (χ3n) is 5.63. The highest BCUT2D eigenvalue weighted by molar-refractivity contribution is 5.85. The van der Waals surface area contributed by atoms with Gasteiger partial charge in [-0.1, -0.05) is 12.8 Å². The number of epoxide rings is 2. The van der Waals surface area contributed by atoms with Crippen LogP contribution in [0.1, 0.15) is 45.4 Å². The Hall–Kier alpha value is -0.480. The Morgan fingerprint density at radius 2 is 2.11 bits per heavy atom. The molecule has 0 aromatic carbocycles. The smallest absolute Gasteiger partial charge is 0.167 e. The highest BCUT2D eigenvalue weighted by Gasteiger charge is 2.70. The molecule has 4 aliphatic rings. The van der Waals surface area contributed by atoms with Crippen molar-refractivity contribution in [2.75, 3.05) is 6.61 Å². The van der Waals surface area contributed by atoms with Crippen LogP contribution in [0.25, 0.3) is 0 Å². The Kier molecular flexibility index (Phi) is 2.45. The fourth-order valence-corrected chi connectivity index (χ4v) is 3.93. The fourth-order valence-electron chi connectivity index (χ4n) is 3.93. The average Bonchev–Trinajstić information content (AvgIpc) is 3.21. The molecule has 1 unspecified atom stereocenters. The van der Waals surface area contributed by atoms with Gasteiger partial charge in [-0.25, -0.2) is 4.39 Å². The monoisotopic (exact) mass is 268 g/mol. The van der Waals surface area contributed by atoms with Crippen LogP contribution in [0.5, 0.6) is 0 Å². The zero-order valence-electron chi connectivity index (χ0n) is 11.4. The largest absolute Gasteiger partial charge is 0.369 e. The molecule has 2 heterocycles. The van der Waals surface area contributed by atoms with Crippen molar-refractivity contribution in [1.82, 2.24) is 0 Å². The van der Waals surface area contributed by atoms with Gasteiger partial charge in [0.15, 0.2) is 12.0 Å². The highest BCUT2D eigenvalue weighted by Crippen LogP contribution is 2.58. The first-order valence-corrected chi connectivity index (χ1v) is 7.52. The average molecular weight is 268 g/mol. The summed E-state index contributed by atoms with van der Waals surface area (Å²) in [5.74, 6) is 0.704. The summed E-state index contributed by atoms with van der Waals surface area (Å²) in [5.41, 5.74) is -0.641. The molecule has 4 heteroatoms. The molecule has 4 rings (SSSR count). The second-order valence-corrected chi connectivity index (χ2v) is 7.06. The van der Waals surface area contributed by atoms with Gasteiger partial charge < -0.3 is 9.47 Å². The summed E-state index contributed by atoms with van der Waals surface area (Å²) >= 11 is 0. The van der Waals surface area contributed by atoms with Gasteiger partial charge in [0.25, 0.3) is 0 Å². The van der Waals surface area contributed by atoms with Crippen LogP contribution in [0.3, 0.4) is 0 Å². The first-order valence-electron chi connectivity index (χ1n) is 7.52. The summed E-state index contributed by atoms with van der Waals surface area (Å²) in [4.78, 5) is 11.7. The van der Waals surface area contributed by atoms with E-state index in [0.29, 0.717) is 6.61 Å². The molecule has 0 radical (unpaired) electrons. The van der Waals surface area contributed by atoms with E-state index >= 15 is 0 Å². The number of halogens is 1. The maximum absolute atomic E-state index is 13.6. The normalized spacial score (nSPS) is 52.5. The van der Waals surface area contributed by atoms with E-state index in [2.05, 4.69) is 6.92 Å². The van der Waals surface area contributed by atoms with E-state index in [1.807, 2.05) is 0 Å². The van der Waals surface area contributed by atoms with Gasteiger partial charge in [-0.2, -0.15) is 0 Å². The van der Waals surface area contributed by atoms with E-state index < -0.39 is 11.8 Å². The van der Waals surface area contributed by atoms with Crippen LogP contribution >= 0.6 is 0 Å². The van der Waals surface area contributed by atoms with Gasteiger partial charge in [-0.3, -0.25) is 4.79 Å². The summed E-state index contributed by atoms with van der Waals surface area (Å²) in [5, 5.41) is 0. The van der Waals surface area contributed by atoms with Gasteiger partial charge in [0.1, 0.15) is 5.60 Å². The van der Waals surface area contributed by atoms with E-state index in [1.54, 1.807) is 0 Å². The zero-order valence-corrected chi connectivity index (χ0v) is 11.4.